The highest BCUT2D eigenvalue weighted by molar-refractivity contribution is 5.89. The number of anilines is 2. The monoisotopic (exact) mass is 393 g/mol. The lowest BCUT2D eigenvalue weighted by atomic mass is 10.1. The molecule has 0 atom stereocenters. The van der Waals surface area contributed by atoms with E-state index in [1.165, 1.54) is 31.4 Å². The van der Waals surface area contributed by atoms with E-state index in [0.717, 1.165) is 60.2 Å². The highest BCUT2D eigenvalue weighted by Crippen LogP contribution is 2.29. The predicted octanol–water partition coefficient (Wildman–Crippen LogP) is 3.66. The van der Waals surface area contributed by atoms with E-state index in [9.17, 15) is 4.39 Å². The van der Waals surface area contributed by atoms with Crippen LogP contribution in [-0.4, -0.2) is 54.3 Å². The molecule has 6 nitrogen and oxygen atoms in total. The van der Waals surface area contributed by atoms with Gasteiger partial charge >= 0.3 is 0 Å². The summed E-state index contributed by atoms with van der Waals surface area (Å²) in [5.74, 6) is 1.40. The normalized spacial score (nSPS) is 17.7. The predicted molar refractivity (Wildman–Crippen MR) is 112 cm³/mol. The van der Waals surface area contributed by atoms with E-state index >= 15 is 0 Å². The van der Waals surface area contributed by atoms with Crippen LogP contribution < -0.4 is 9.80 Å². The van der Waals surface area contributed by atoms with E-state index in [-0.39, 0.29) is 5.82 Å². The molecular formula is C22H24FN5O. The minimum absolute atomic E-state index is 0.252. The summed E-state index contributed by atoms with van der Waals surface area (Å²) in [4.78, 5) is 19.2. The van der Waals surface area contributed by atoms with Crippen LogP contribution in [0.1, 0.15) is 19.3 Å². The van der Waals surface area contributed by atoms with Crippen molar-refractivity contribution in [3.8, 4) is 11.3 Å². The fourth-order valence-electron chi connectivity index (χ4n) is 4.00. The molecule has 2 aliphatic heterocycles. The summed E-state index contributed by atoms with van der Waals surface area (Å²) >= 11 is 0. The van der Waals surface area contributed by atoms with E-state index < -0.39 is 0 Å². The molecule has 0 saturated carbocycles. The van der Waals surface area contributed by atoms with Gasteiger partial charge in [-0.3, -0.25) is 0 Å². The summed E-state index contributed by atoms with van der Waals surface area (Å²) in [6, 6.07) is 10.4. The number of hydrogen-bond acceptors (Lipinski definition) is 6. The molecule has 0 amide bonds. The van der Waals surface area contributed by atoms with Crippen LogP contribution in [0.25, 0.3) is 22.3 Å². The quantitative estimate of drug-likeness (QED) is 0.677. The lowest BCUT2D eigenvalue weighted by Crippen LogP contribution is -2.38. The molecule has 7 heteroatoms. The van der Waals surface area contributed by atoms with E-state index in [4.69, 9.17) is 19.7 Å². The fraction of sp³-hybridized carbons (Fsp3) is 0.409. The van der Waals surface area contributed by atoms with Crippen LogP contribution in [0.2, 0.25) is 0 Å². The standard InChI is InChI=1S/C22H24FN5O/c23-17-6-4-16(5-7-17)18-8-9-19-20(24-18)21(27-12-14-29-15-13-27)26-22(25-19)28-10-2-1-3-11-28/h4-9H,1-3,10-15H2. The van der Waals surface area contributed by atoms with Crippen LogP contribution in [-0.2, 0) is 4.74 Å². The van der Waals surface area contributed by atoms with E-state index in [1.54, 1.807) is 12.1 Å². The third-order valence-corrected chi connectivity index (χ3v) is 5.60. The third-order valence-electron chi connectivity index (χ3n) is 5.60. The van der Waals surface area contributed by atoms with Crippen molar-refractivity contribution in [2.24, 2.45) is 0 Å². The lowest BCUT2D eigenvalue weighted by molar-refractivity contribution is 0.122. The lowest BCUT2D eigenvalue weighted by Gasteiger charge is -2.31. The van der Waals surface area contributed by atoms with Crippen molar-refractivity contribution in [1.29, 1.82) is 0 Å². The van der Waals surface area contributed by atoms with Crippen molar-refractivity contribution < 1.29 is 9.13 Å². The molecule has 2 saturated heterocycles. The molecule has 0 aliphatic carbocycles. The molecule has 0 spiro atoms. The van der Waals surface area contributed by atoms with Gasteiger partial charge in [0.1, 0.15) is 11.3 Å². The first-order chi connectivity index (χ1) is 14.3. The zero-order valence-electron chi connectivity index (χ0n) is 16.4. The highest BCUT2D eigenvalue weighted by atomic mass is 19.1. The Labute approximate surface area is 169 Å². The van der Waals surface area contributed by atoms with Crippen molar-refractivity contribution in [2.75, 3.05) is 49.2 Å². The van der Waals surface area contributed by atoms with Gasteiger partial charge in [-0.2, -0.15) is 4.98 Å². The van der Waals surface area contributed by atoms with E-state index in [0.29, 0.717) is 13.2 Å². The number of hydrogen-bond donors (Lipinski definition) is 0. The molecule has 4 heterocycles. The second-order valence-electron chi connectivity index (χ2n) is 7.57. The molecule has 2 fully saturated rings. The van der Waals surface area contributed by atoms with Crippen molar-refractivity contribution in [3.05, 3.63) is 42.2 Å². The number of pyridine rings is 1. The number of aromatic nitrogens is 3. The molecule has 0 N–H and O–H groups in total. The van der Waals surface area contributed by atoms with Crippen molar-refractivity contribution in [2.45, 2.75) is 19.3 Å². The Morgan fingerprint density at radius 2 is 1.52 bits per heavy atom. The van der Waals surface area contributed by atoms with Crippen LogP contribution in [0, 0.1) is 5.82 Å². The van der Waals surface area contributed by atoms with Crippen molar-refractivity contribution in [3.63, 3.8) is 0 Å². The molecule has 29 heavy (non-hydrogen) atoms. The average Bonchev–Trinajstić information content (AvgIpc) is 2.80. The van der Waals surface area contributed by atoms with Gasteiger partial charge in [-0.1, -0.05) is 0 Å². The Kier molecular flexibility index (Phi) is 4.97. The molecule has 2 aromatic heterocycles. The largest absolute Gasteiger partial charge is 0.378 e. The molecule has 0 unspecified atom stereocenters. The number of nitrogens with zero attached hydrogens (tertiary/aromatic N) is 5. The first-order valence-electron chi connectivity index (χ1n) is 10.3. The van der Waals surface area contributed by atoms with Crippen LogP contribution in [0.15, 0.2) is 36.4 Å². The molecule has 3 aromatic rings. The zero-order chi connectivity index (χ0) is 19.6. The van der Waals surface area contributed by atoms with Gasteiger partial charge in [0.15, 0.2) is 5.82 Å². The van der Waals surface area contributed by atoms with Gasteiger partial charge in [-0.05, 0) is 55.7 Å². The molecule has 1 aromatic carbocycles. The smallest absolute Gasteiger partial charge is 0.228 e. The van der Waals surface area contributed by atoms with Gasteiger partial charge in [-0.15, -0.1) is 0 Å². The number of fused-ring (bicyclic) bond motifs is 1. The third kappa shape index (κ3) is 3.74. The van der Waals surface area contributed by atoms with Crippen LogP contribution in [0.3, 0.4) is 0 Å². The number of morpholine rings is 1. The van der Waals surface area contributed by atoms with Gasteiger partial charge in [0.05, 0.1) is 24.4 Å². The van der Waals surface area contributed by atoms with Crippen LogP contribution in [0.5, 0.6) is 0 Å². The summed E-state index contributed by atoms with van der Waals surface area (Å²) in [5, 5.41) is 0. The molecule has 2 aliphatic rings. The fourth-order valence-corrected chi connectivity index (χ4v) is 4.00. The number of rotatable bonds is 3. The Balaban J connectivity index is 1.62. The van der Waals surface area contributed by atoms with Gasteiger partial charge in [0, 0.05) is 31.7 Å². The van der Waals surface area contributed by atoms with Crippen LogP contribution >= 0.6 is 0 Å². The summed E-state index contributed by atoms with van der Waals surface area (Å²) in [6.07, 6.45) is 3.62. The maximum absolute atomic E-state index is 13.3. The maximum Gasteiger partial charge on any atom is 0.228 e. The van der Waals surface area contributed by atoms with Crippen molar-refractivity contribution >= 4 is 22.8 Å². The average molecular weight is 393 g/mol. The van der Waals surface area contributed by atoms with Crippen molar-refractivity contribution in [1.82, 2.24) is 15.0 Å². The van der Waals surface area contributed by atoms with Gasteiger partial charge in [0.25, 0.3) is 0 Å². The summed E-state index contributed by atoms with van der Waals surface area (Å²) in [5.41, 5.74) is 3.30. The first kappa shape index (κ1) is 18.2. The number of piperidine rings is 1. The van der Waals surface area contributed by atoms with Crippen LogP contribution in [0.4, 0.5) is 16.2 Å². The molecule has 150 valence electrons. The Morgan fingerprint density at radius 3 is 2.28 bits per heavy atom. The number of ether oxygens (including phenoxy) is 1. The highest BCUT2D eigenvalue weighted by Gasteiger charge is 2.22. The van der Waals surface area contributed by atoms with Gasteiger partial charge < -0.3 is 14.5 Å². The minimum atomic E-state index is -0.252. The molecule has 0 bridgehead atoms. The van der Waals surface area contributed by atoms with Gasteiger partial charge in [0.2, 0.25) is 5.95 Å². The molecular weight excluding hydrogens is 369 g/mol. The Bertz CT molecular complexity index is 998. The number of benzene rings is 1. The second-order valence-corrected chi connectivity index (χ2v) is 7.57. The van der Waals surface area contributed by atoms with E-state index in [2.05, 4.69) is 9.80 Å². The first-order valence-corrected chi connectivity index (χ1v) is 10.3. The maximum atomic E-state index is 13.3. The summed E-state index contributed by atoms with van der Waals surface area (Å²) < 4.78 is 18.9. The molecule has 5 rings (SSSR count). The van der Waals surface area contributed by atoms with Gasteiger partial charge in [-0.25, -0.2) is 14.4 Å². The number of halogens is 1. The van der Waals surface area contributed by atoms with E-state index in [1.807, 2.05) is 12.1 Å². The summed E-state index contributed by atoms with van der Waals surface area (Å²) in [6.45, 7) is 4.93. The molecule has 0 radical (unpaired) electrons. The summed E-state index contributed by atoms with van der Waals surface area (Å²) in [7, 11) is 0. The SMILES string of the molecule is Fc1ccc(-c2ccc3nc(N4CCCCC4)nc(N4CCOCC4)c3n2)cc1. The minimum Gasteiger partial charge on any atom is -0.378 e. The Hall–Kier alpha value is -2.80. The second kappa shape index (κ2) is 7.91. The topological polar surface area (TPSA) is 54.4 Å². The Morgan fingerprint density at radius 1 is 0.759 bits per heavy atom. The zero-order valence-corrected chi connectivity index (χ0v) is 16.4.